The average molecular weight is 425 g/mol. The van der Waals surface area contributed by atoms with Crippen LogP contribution in [0.4, 0.5) is 18.9 Å². The second kappa shape index (κ2) is 8.95. The van der Waals surface area contributed by atoms with Crippen LogP contribution in [0.2, 0.25) is 0 Å². The summed E-state index contributed by atoms with van der Waals surface area (Å²) in [5, 5.41) is 2.60. The Morgan fingerprint density at radius 3 is 2.37 bits per heavy atom. The van der Waals surface area contributed by atoms with Crippen molar-refractivity contribution in [1.29, 1.82) is 0 Å². The zero-order chi connectivity index (χ0) is 21.7. The number of aromatic nitrogens is 2. The van der Waals surface area contributed by atoms with Crippen LogP contribution in [0.3, 0.4) is 0 Å². The van der Waals surface area contributed by atoms with Crippen LogP contribution in [0, 0.1) is 0 Å². The topological polar surface area (TPSA) is 108 Å². The van der Waals surface area contributed by atoms with E-state index in [1.165, 1.54) is 18.3 Å². The number of carbonyl (C=O) groups is 2. The van der Waals surface area contributed by atoms with Gasteiger partial charge in [-0.2, -0.15) is 0 Å². The minimum Gasteiger partial charge on any atom is -0.406 e. The molecule has 3 rings (SSSR count). The van der Waals surface area contributed by atoms with E-state index in [4.69, 9.17) is 0 Å². The van der Waals surface area contributed by atoms with E-state index in [0.29, 0.717) is 31.9 Å². The lowest BCUT2D eigenvalue weighted by molar-refractivity contribution is -0.274. The van der Waals surface area contributed by atoms with Gasteiger partial charge in [-0.15, -0.1) is 13.2 Å². The first-order chi connectivity index (χ1) is 14.2. The predicted octanol–water partition coefficient (Wildman–Crippen LogP) is 1.06. The Labute approximate surface area is 168 Å². The van der Waals surface area contributed by atoms with Gasteiger partial charge in [-0.1, -0.05) is 0 Å². The molecule has 0 bridgehead atoms. The van der Waals surface area contributed by atoms with E-state index >= 15 is 0 Å². The van der Waals surface area contributed by atoms with Gasteiger partial charge in [-0.05, 0) is 24.3 Å². The maximum Gasteiger partial charge on any atom is 0.573 e. The number of amides is 2. The SMILES string of the molecule is O=C(CN1CCN(C(=O)c2c[nH]c(=O)cn2)CC1)Nc1ccc(OC(F)(F)F)cc1. The summed E-state index contributed by atoms with van der Waals surface area (Å²) in [5.74, 6) is -1.02. The molecule has 1 aromatic carbocycles. The first kappa shape index (κ1) is 21.3. The highest BCUT2D eigenvalue weighted by molar-refractivity contribution is 5.93. The Bertz CT molecular complexity index is 933. The van der Waals surface area contributed by atoms with Gasteiger partial charge in [0.1, 0.15) is 11.4 Å². The summed E-state index contributed by atoms with van der Waals surface area (Å²) < 4.78 is 40.3. The molecule has 1 fully saturated rings. The quantitative estimate of drug-likeness (QED) is 0.742. The Balaban J connectivity index is 1.45. The van der Waals surface area contributed by atoms with Crippen molar-refractivity contribution in [3.63, 3.8) is 0 Å². The maximum absolute atomic E-state index is 12.4. The zero-order valence-electron chi connectivity index (χ0n) is 15.6. The molecule has 9 nitrogen and oxygen atoms in total. The maximum atomic E-state index is 12.4. The summed E-state index contributed by atoms with van der Waals surface area (Å²) in [7, 11) is 0. The Morgan fingerprint density at radius 1 is 1.13 bits per heavy atom. The van der Waals surface area contributed by atoms with Gasteiger partial charge >= 0.3 is 6.36 Å². The number of benzene rings is 1. The molecule has 1 aromatic heterocycles. The highest BCUT2D eigenvalue weighted by Gasteiger charge is 2.31. The largest absolute Gasteiger partial charge is 0.573 e. The van der Waals surface area contributed by atoms with Gasteiger partial charge < -0.3 is 19.9 Å². The average Bonchev–Trinajstić information content (AvgIpc) is 2.69. The summed E-state index contributed by atoms with van der Waals surface area (Å²) in [6, 6.07) is 4.84. The highest BCUT2D eigenvalue weighted by atomic mass is 19.4. The number of nitrogens with zero attached hydrogens (tertiary/aromatic N) is 3. The van der Waals surface area contributed by atoms with Crippen LogP contribution < -0.4 is 15.6 Å². The number of aromatic amines is 1. The Kier molecular flexibility index (Phi) is 6.35. The number of H-pyrrole nitrogens is 1. The van der Waals surface area contributed by atoms with Gasteiger partial charge in [-0.25, -0.2) is 4.98 Å². The van der Waals surface area contributed by atoms with Gasteiger partial charge in [-0.3, -0.25) is 19.3 Å². The number of hydrogen-bond donors (Lipinski definition) is 2. The molecule has 30 heavy (non-hydrogen) atoms. The third-order valence-electron chi connectivity index (χ3n) is 4.29. The normalized spacial score (nSPS) is 15.0. The van der Waals surface area contributed by atoms with Crippen molar-refractivity contribution >= 4 is 17.5 Å². The van der Waals surface area contributed by atoms with Crippen LogP contribution in [0.15, 0.2) is 41.5 Å². The third kappa shape index (κ3) is 6.04. The van der Waals surface area contributed by atoms with Crippen LogP contribution in [0.1, 0.15) is 10.5 Å². The number of ether oxygens (including phenoxy) is 1. The number of rotatable bonds is 5. The highest BCUT2D eigenvalue weighted by Crippen LogP contribution is 2.23. The molecule has 1 aliphatic rings. The van der Waals surface area contributed by atoms with Crippen molar-refractivity contribution in [1.82, 2.24) is 19.8 Å². The predicted molar refractivity (Wildman–Crippen MR) is 99.0 cm³/mol. The molecule has 0 saturated carbocycles. The molecule has 0 unspecified atom stereocenters. The van der Waals surface area contributed by atoms with Crippen molar-refractivity contribution in [2.24, 2.45) is 0 Å². The molecular weight excluding hydrogens is 407 g/mol. The van der Waals surface area contributed by atoms with Crippen LogP contribution >= 0.6 is 0 Å². The van der Waals surface area contributed by atoms with Crippen molar-refractivity contribution in [2.45, 2.75) is 6.36 Å². The van der Waals surface area contributed by atoms with Crippen LogP contribution in [0.25, 0.3) is 0 Å². The summed E-state index contributed by atoms with van der Waals surface area (Å²) >= 11 is 0. The van der Waals surface area contributed by atoms with Gasteiger partial charge in [0, 0.05) is 38.1 Å². The Morgan fingerprint density at radius 2 is 1.80 bits per heavy atom. The van der Waals surface area contributed by atoms with Crippen LogP contribution in [-0.4, -0.2) is 70.7 Å². The zero-order valence-corrected chi connectivity index (χ0v) is 15.6. The van der Waals surface area contributed by atoms with Crippen LogP contribution in [0.5, 0.6) is 5.75 Å². The minimum atomic E-state index is -4.78. The number of nitrogens with one attached hydrogen (secondary N) is 2. The fraction of sp³-hybridized carbons (Fsp3) is 0.333. The molecule has 2 aromatic rings. The molecule has 0 atom stereocenters. The van der Waals surface area contributed by atoms with Gasteiger partial charge in [0.25, 0.3) is 11.5 Å². The van der Waals surface area contributed by atoms with E-state index in [1.54, 1.807) is 4.90 Å². The van der Waals surface area contributed by atoms with Crippen molar-refractivity contribution < 1.29 is 27.5 Å². The number of piperazine rings is 1. The van der Waals surface area contributed by atoms with Crippen molar-refractivity contribution in [3.8, 4) is 5.75 Å². The molecule has 1 saturated heterocycles. The molecule has 12 heteroatoms. The standard InChI is InChI=1S/C18H18F3N5O4/c19-18(20,21)30-13-3-1-12(2-4-13)24-16(28)11-25-5-7-26(8-6-25)17(29)14-9-23-15(27)10-22-14/h1-4,9-10H,5-8,11H2,(H,23,27)(H,24,28). The molecule has 2 amide bonds. The molecule has 2 heterocycles. The fourth-order valence-electron chi connectivity index (χ4n) is 2.87. The lowest BCUT2D eigenvalue weighted by Crippen LogP contribution is -2.50. The van der Waals surface area contributed by atoms with Crippen molar-refractivity contribution in [3.05, 3.63) is 52.7 Å². The van der Waals surface area contributed by atoms with Gasteiger partial charge in [0.15, 0.2) is 0 Å². The van der Waals surface area contributed by atoms with E-state index in [9.17, 15) is 27.6 Å². The first-order valence-corrected chi connectivity index (χ1v) is 8.92. The lowest BCUT2D eigenvalue weighted by Gasteiger charge is -2.34. The molecule has 0 aliphatic carbocycles. The molecule has 160 valence electrons. The second-order valence-electron chi connectivity index (χ2n) is 6.49. The third-order valence-corrected chi connectivity index (χ3v) is 4.29. The van der Waals surface area contributed by atoms with E-state index < -0.39 is 11.9 Å². The number of alkyl halides is 3. The van der Waals surface area contributed by atoms with Crippen LogP contribution in [-0.2, 0) is 4.79 Å². The molecule has 0 radical (unpaired) electrons. The summed E-state index contributed by atoms with van der Waals surface area (Å²) in [5.41, 5.74) is 0.0797. The second-order valence-corrected chi connectivity index (χ2v) is 6.49. The molecular formula is C18H18F3N5O4. The summed E-state index contributed by atoms with van der Waals surface area (Å²) in [4.78, 5) is 45.2. The van der Waals surface area contributed by atoms with E-state index in [0.717, 1.165) is 18.3 Å². The number of halogens is 3. The lowest BCUT2D eigenvalue weighted by atomic mass is 10.2. The number of carbonyl (C=O) groups excluding carboxylic acids is 2. The molecule has 2 N–H and O–H groups in total. The van der Waals surface area contributed by atoms with E-state index in [1.807, 2.05) is 4.90 Å². The van der Waals surface area contributed by atoms with Gasteiger partial charge in [0.2, 0.25) is 5.91 Å². The number of anilines is 1. The molecule has 1 aliphatic heterocycles. The van der Waals surface area contributed by atoms with Gasteiger partial charge in [0.05, 0.1) is 12.7 Å². The Hall–Kier alpha value is -3.41. The smallest absolute Gasteiger partial charge is 0.406 e. The first-order valence-electron chi connectivity index (χ1n) is 8.92. The van der Waals surface area contributed by atoms with Crippen molar-refractivity contribution in [2.75, 3.05) is 38.0 Å². The monoisotopic (exact) mass is 425 g/mol. The molecule has 0 spiro atoms. The number of hydrogen-bond acceptors (Lipinski definition) is 6. The minimum absolute atomic E-state index is 0.0692. The van der Waals surface area contributed by atoms with E-state index in [-0.39, 0.29) is 29.8 Å². The fourth-order valence-corrected chi connectivity index (χ4v) is 2.87. The summed E-state index contributed by atoms with van der Waals surface area (Å²) in [6.07, 6.45) is -2.48. The summed E-state index contributed by atoms with van der Waals surface area (Å²) in [6.45, 7) is 1.76. The van der Waals surface area contributed by atoms with E-state index in [2.05, 4.69) is 20.0 Å².